The summed E-state index contributed by atoms with van der Waals surface area (Å²) in [6.45, 7) is 0. The van der Waals surface area contributed by atoms with Crippen molar-refractivity contribution in [1.82, 2.24) is 4.57 Å². The second-order valence-corrected chi connectivity index (χ2v) is 7.12. The van der Waals surface area contributed by atoms with Gasteiger partial charge in [0.15, 0.2) is 0 Å². The lowest BCUT2D eigenvalue weighted by atomic mass is 9.96. The maximum Gasteiger partial charge on any atom is 0.417 e. The molecule has 3 aromatic carbocycles. The van der Waals surface area contributed by atoms with Crippen LogP contribution in [0.2, 0.25) is 0 Å². The van der Waals surface area contributed by atoms with Gasteiger partial charge in [0.25, 0.3) is 0 Å². The molecule has 0 bridgehead atoms. The lowest BCUT2D eigenvalue weighted by Gasteiger charge is -2.20. The number of halogens is 4. The minimum Gasteiger partial charge on any atom is -0.315 e. The SMILES string of the molecule is Fc1ccc2c(ccn2C(=C2C(C(F)(F)F)=Cc3ccccc32)c2ccccc2)c1. The average Bonchev–Trinajstić information content (AvgIpc) is 3.31. The van der Waals surface area contributed by atoms with Crippen molar-refractivity contribution in [3.05, 3.63) is 113 Å². The molecule has 0 radical (unpaired) electrons. The molecule has 0 unspecified atom stereocenters. The number of hydrogen-bond acceptors (Lipinski definition) is 0. The Morgan fingerprint density at radius 3 is 2.30 bits per heavy atom. The van der Waals surface area contributed by atoms with Gasteiger partial charge in [-0.05, 0) is 47.0 Å². The van der Waals surface area contributed by atoms with E-state index in [0.717, 1.165) is 0 Å². The van der Waals surface area contributed by atoms with E-state index in [1.807, 2.05) is 6.07 Å². The summed E-state index contributed by atoms with van der Waals surface area (Å²) in [5, 5.41) is 0.618. The topological polar surface area (TPSA) is 4.93 Å². The Bertz CT molecular complexity index is 1320. The first-order valence-electron chi connectivity index (χ1n) is 9.39. The highest BCUT2D eigenvalue weighted by Crippen LogP contribution is 2.48. The minimum absolute atomic E-state index is 0.117. The molecule has 0 aliphatic heterocycles. The Morgan fingerprint density at radius 1 is 0.800 bits per heavy atom. The van der Waals surface area contributed by atoms with E-state index in [4.69, 9.17) is 0 Å². The third kappa shape index (κ3) is 2.94. The van der Waals surface area contributed by atoms with Crippen LogP contribution in [0.3, 0.4) is 0 Å². The Kier molecular flexibility index (Phi) is 4.13. The molecule has 4 aromatic rings. The maximum absolute atomic E-state index is 14.1. The van der Waals surface area contributed by atoms with Crippen LogP contribution in [0, 0.1) is 5.82 Å². The summed E-state index contributed by atoms with van der Waals surface area (Å²) >= 11 is 0. The third-order valence-electron chi connectivity index (χ3n) is 5.28. The van der Waals surface area contributed by atoms with Crippen LogP contribution < -0.4 is 0 Å². The number of allylic oxidation sites excluding steroid dienone is 2. The van der Waals surface area contributed by atoms with Crippen LogP contribution >= 0.6 is 0 Å². The molecule has 0 fully saturated rings. The van der Waals surface area contributed by atoms with Crippen molar-refractivity contribution in [2.24, 2.45) is 0 Å². The monoisotopic (exact) mass is 405 g/mol. The van der Waals surface area contributed by atoms with Crippen molar-refractivity contribution >= 4 is 28.2 Å². The fraction of sp³-hybridized carbons (Fsp3) is 0.0400. The summed E-state index contributed by atoms with van der Waals surface area (Å²) in [4.78, 5) is 0. The fourth-order valence-electron chi connectivity index (χ4n) is 4.01. The van der Waals surface area contributed by atoms with E-state index in [9.17, 15) is 17.6 Å². The van der Waals surface area contributed by atoms with Gasteiger partial charge >= 0.3 is 6.18 Å². The molecule has 1 aromatic heterocycles. The van der Waals surface area contributed by atoms with Crippen LogP contribution in [-0.2, 0) is 0 Å². The average molecular weight is 405 g/mol. The number of nitrogens with zero attached hydrogens (tertiary/aromatic N) is 1. The summed E-state index contributed by atoms with van der Waals surface area (Å²) in [7, 11) is 0. The molecule has 0 atom stereocenters. The lowest BCUT2D eigenvalue weighted by molar-refractivity contribution is -0.0859. The second kappa shape index (κ2) is 6.73. The molecule has 0 amide bonds. The molecular weight excluding hydrogens is 390 g/mol. The van der Waals surface area contributed by atoms with Crippen LogP contribution in [0.4, 0.5) is 17.6 Å². The maximum atomic E-state index is 14.1. The van der Waals surface area contributed by atoms with Gasteiger partial charge in [-0.15, -0.1) is 0 Å². The van der Waals surface area contributed by atoms with Crippen molar-refractivity contribution in [1.29, 1.82) is 0 Å². The van der Waals surface area contributed by atoms with Gasteiger partial charge in [-0.1, -0.05) is 54.6 Å². The van der Waals surface area contributed by atoms with Gasteiger partial charge in [0, 0.05) is 17.2 Å². The van der Waals surface area contributed by atoms with Crippen LogP contribution in [0.25, 0.3) is 28.2 Å². The Hall–Kier alpha value is -3.60. The van der Waals surface area contributed by atoms with Gasteiger partial charge in [0.2, 0.25) is 0 Å². The number of benzene rings is 3. The number of aromatic nitrogens is 1. The Morgan fingerprint density at radius 2 is 1.53 bits per heavy atom. The van der Waals surface area contributed by atoms with E-state index in [2.05, 4.69) is 0 Å². The van der Waals surface area contributed by atoms with Gasteiger partial charge < -0.3 is 4.57 Å². The van der Waals surface area contributed by atoms with Gasteiger partial charge in [0.05, 0.1) is 16.8 Å². The number of rotatable bonds is 2. The van der Waals surface area contributed by atoms with Crippen molar-refractivity contribution in [3.8, 4) is 0 Å². The molecule has 148 valence electrons. The standard InChI is InChI=1S/C25H15F4N/c26-19-10-11-22-18(14-19)12-13-30(22)24(16-6-2-1-3-7-16)23-20-9-5-4-8-17(20)15-21(23)25(27,28)29/h1-15H. The normalized spacial score (nSPS) is 15.3. The molecule has 1 nitrogen and oxygen atoms in total. The fourth-order valence-corrected chi connectivity index (χ4v) is 4.01. The van der Waals surface area contributed by atoms with Crippen molar-refractivity contribution in [2.45, 2.75) is 6.18 Å². The highest BCUT2D eigenvalue weighted by atomic mass is 19.4. The van der Waals surface area contributed by atoms with Crippen LogP contribution in [0.1, 0.15) is 16.7 Å². The van der Waals surface area contributed by atoms with E-state index in [1.165, 1.54) is 18.2 Å². The van der Waals surface area contributed by atoms with Gasteiger partial charge in [-0.3, -0.25) is 0 Å². The predicted molar refractivity (Wildman–Crippen MR) is 111 cm³/mol. The molecule has 0 N–H and O–H groups in total. The third-order valence-corrected chi connectivity index (χ3v) is 5.28. The van der Waals surface area contributed by atoms with E-state index < -0.39 is 17.6 Å². The van der Waals surface area contributed by atoms with Gasteiger partial charge in [-0.25, -0.2) is 4.39 Å². The molecule has 1 aliphatic rings. The summed E-state index contributed by atoms with van der Waals surface area (Å²) in [6.07, 6.45) is -1.64. The van der Waals surface area contributed by atoms with E-state index in [1.54, 1.807) is 71.4 Å². The zero-order valence-electron chi connectivity index (χ0n) is 15.6. The predicted octanol–water partition coefficient (Wildman–Crippen LogP) is 7.16. The van der Waals surface area contributed by atoms with Crippen LogP contribution in [0.15, 0.2) is 90.6 Å². The van der Waals surface area contributed by atoms with Crippen molar-refractivity contribution in [3.63, 3.8) is 0 Å². The van der Waals surface area contributed by atoms with Crippen LogP contribution in [0.5, 0.6) is 0 Å². The Balaban J connectivity index is 1.91. The molecule has 0 spiro atoms. The summed E-state index contributed by atoms with van der Waals surface area (Å²) < 4.78 is 57.7. The largest absolute Gasteiger partial charge is 0.417 e. The number of alkyl halides is 3. The smallest absolute Gasteiger partial charge is 0.315 e. The zero-order valence-corrected chi connectivity index (χ0v) is 15.6. The summed E-state index contributed by atoms with van der Waals surface area (Å²) in [6, 6.07) is 21.8. The molecular formula is C25H15F4N. The number of fused-ring (bicyclic) bond motifs is 2. The highest BCUT2D eigenvalue weighted by molar-refractivity contribution is 6.08. The molecule has 30 heavy (non-hydrogen) atoms. The van der Waals surface area contributed by atoms with Crippen LogP contribution in [-0.4, -0.2) is 10.7 Å². The van der Waals surface area contributed by atoms with E-state index >= 15 is 0 Å². The summed E-state index contributed by atoms with van der Waals surface area (Å²) in [5.74, 6) is -0.392. The summed E-state index contributed by atoms with van der Waals surface area (Å²) in [5.41, 5.74) is 2.15. The first-order valence-corrected chi connectivity index (χ1v) is 9.39. The second-order valence-electron chi connectivity index (χ2n) is 7.12. The molecule has 0 saturated carbocycles. The Labute approximate surface area is 170 Å². The highest BCUT2D eigenvalue weighted by Gasteiger charge is 2.41. The van der Waals surface area contributed by atoms with E-state index in [-0.39, 0.29) is 5.57 Å². The van der Waals surface area contributed by atoms with E-state index in [0.29, 0.717) is 33.3 Å². The lowest BCUT2D eigenvalue weighted by Crippen LogP contribution is -2.13. The first-order chi connectivity index (χ1) is 14.4. The quantitative estimate of drug-likeness (QED) is 0.312. The molecule has 5 rings (SSSR count). The van der Waals surface area contributed by atoms with Crippen molar-refractivity contribution < 1.29 is 17.6 Å². The first kappa shape index (κ1) is 18.4. The van der Waals surface area contributed by atoms with Gasteiger partial charge in [-0.2, -0.15) is 13.2 Å². The minimum atomic E-state index is -4.52. The molecule has 1 aliphatic carbocycles. The van der Waals surface area contributed by atoms with Crippen molar-refractivity contribution in [2.75, 3.05) is 0 Å². The number of hydrogen-bond donors (Lipinski definition) is 0. The zero-order chi connectivity index (χ0) is 20.9. The van der Waals surface area contributed by atoms with Gasteiger partial charge in [0.1, 0.15) is 5.82 Å². The molecule has 1 heterocycles. The molecule has 5 heteroatoms. The molecule has 0 saturated heterocycles.